The first-order valence-corrected chi connectivity index (χ1v) is 18.1. The Labute approximate surface area is 302 Å². The van der Waals surface area contributed by atoms with Gasteiger partial charge in [0.25, 0.3) is 11.8 Å². The number of aromatic nitrogens is 2. The molecule has 5 aromatic carbocycles. The summed E-state index contributed by atoms with van der Waals surface area (Å²) in [5, 5.41) is 12.4. The van der Waals surface area contributed by atoms with Crippen molar-refractivity contribution in [2.45, 2.75) is 22.2 Å². The Morgan fingerprint density at radius 1 is 0.800 bits per heavy atom. The smallest absolute Gasteiger partial charge is 0.297 e. The SMILES string of the molecule is O=C1c2oc3ccc(Cl)cc3c(=O)c2C2(C(=O)N(Cc3ccc(Cl)cc3)c3ccccc32)N1c1nnc(SCc2cccc3ccccc23)s1. The molecule has 8 nitrogen and oxygen atoms in total. The molecule has 0 bridgehead atoms. The molecule has 0 fully saturated rings. The molecule has 2 aromatic heterocycles. The maximum atomic E-state index is 15.2. The molecule has 0 radical (unpaired) electrons. The minimum absolute atomic E-state index is 0.0755. The number of benzene rings is 5. The number of rotatable bonds is 6. The maximum Gasteiger partial charge on any atom is 0.297 e. The molecular formula is C38H22Cl2N4O4S2. The summed E-state index contributed by atoms with van der Waals surface area (Å²) in [6.45, 7) is 0.166. The number of hydrogen-bond donors (Lipinski definition) is 0. The predicted molar refractivity (Wildman–Crippen MR) is 198 cm³/mol. The molecule has 0 saturated carbocycles. The van der Waals surface area contributed by atoms with Gasteiger partial charge in [0.15, 0.2) is 15.3 Å². The van der Waals surface area contributed by atoms with Crippen molar-refractivity contribution in [3.63, 3.8) is 0 Å². The molecule has 2 amide bonds. The van der Waals surface area contributed by atoms with Gasteiger partial charge < -0.3 is 9.32 Å². The van der Waals surface area contributed by atoms with Crippen LogP contribution in [0.25, 0.3) is 21.7 Å². The Kier molecular flexibility index (Phi) is 7.33. The van der Waals surface area contributed by atoms with Crippen LogP contribution in [0.4, 0.5) is 10.8 Å². The lowest BCUT2D eigenvalue weighted by atomic mass is 9.84. The summed E-state index contributed by atoms with van der Waals surface area (Å²) < 4.78 is 6.79. The first-order chi connectivity index (χ1) is 24.3. The average molecular weight is 734 g/mol. The molecule has 4 heterocycles. The van der Waals surface area contributed by atoms with E-state index >= 15 is 4.79 Å². The average Bonchev–Trinajstić information content (AvgIpc) is 3.77. The van der Waals surface area contributed by atoms with Crippen molar-refractivity contribution in [2.75, 3.05) is 9.80 Å². The highest BCUT2D eigenvalue weighted by Crippen LogP contribution is 2.55. The van der Waals surface area contributed by atoms with Gasteiger partial charge in [-0.05, 0) is 58.3 Å². The van der Waals surface area contributed by atoms with Crippen LogP contribution >= 0.6 is 46.3 Å². The Bertz CT molecular complexity index is 2600. The van der Waals surface area contributed by atoms with Crippen LogP contribution in [0.2, 0.25) is 10.0 Å². The van der Waals surface area contributed by atoms with Gasteiger partial charge in [-0.15, -0.1) is 10.2 Å². The van der Waals surface area contributed by atoms with Crippen molar-refractivity contribution in [3.8, 4) is 0 Å². The molecule has 2 aliphatic rings. The van der Waals surface area contributed by atoms with Crippen molar-refractivity contribution in [2.24, 2.45) is 0 Å². The monoisotopic (exact) mass is 732 g/mol. The fraction of sp³-hybridized carbons (Fsp3) is 0.0789. The number of hydrogen-bond acceptors (Lipinski definition) is 8. The molecule has 244 valence electrons. The molecule has 1 unspecified atom stereocenters. The van der Waals surface area contributed by atoms with E-state index in [1.165, 1.54) is 34.1 Å². The fourth-order valence-electron chi connectivity index (χ4n) is 6.97. The third-order valence-electron chi connectivity index (χ3n) is 9.16. The van der Waals surface area contributed by atoms with Gasteiger partial charge in [0.05, 0.1) is 23.2 Å². The zero-order valence-electron chi connectivity index (χ0n) is 25.8. The molecule has 7 aromatic rings. The number of nitrogens with zero attached hydrogens (tertiary/aromatic N) is 4. The van der Waals surface area contributed by atoms with Crippen LogP contribution in [0.15, 0.2) is 123 Å². The van der Waals surface area contributed by atoms with E-state index in [4.69, 9.17) is 27.6 Å². The summed E-state index contributed by atoms with van der Waals surface area (Å²) in [4.78, 5) is 47.3. The maximum absolute atomic E-state index is 15.2. The molecule has 0 aliphatic carbocycles. The number of thioether (sulfide) groups is 1. The van der Waals surface area contributed by atoms with E-state index in [1.54, 1.807) is 41.3 Å². The van der Waals surface area contributed by atoms with E-state index < -0.39 is 22.8 Å². The van der Waals surface area contributed by atoms with Crippen LogP contribution in [0.3, 0.4) is 0 Å². The van der Waals surface area contributed by atoms with Crippen molar-refractivity contribution in [3.05, 3.63) is 157 Å². The lowest BCUT2D eigenvalue weighted by Crippen LogP contribution is -2.53. The summed E-state index contributed by atoms with van der Waals surface area (Å²) >= 11 is 15.2. The zero-order chi connectivity index (χ0) is 34.1. The number of para-hydroxylation sites is 1. The number of carbonyl (C=O) groups is 2. The second kappa shape index (κ2) is 11.8. The normalized spacial score (nSPS) is 16.6. The van der Waals surface area contributed by atoms with Gasteiger partial charge in [-0.2, -0.15) is 0 Å². The highest BCUT2D eigenvalue weighted by Gasteiger charge is 2.66. The van der Waals surface area contributed by atoms with E-state index in [1.807, 2.05) is 42.5 Å². The van der Waals surface area contributed by atoms with Crippen molar-refractivity contribution in [1.29, 1.82) is 0 Å². The lowest BCUT2D eigenvalue weighted by molar-refractivity contribution is -0.121. The summed E-state index contributed by atoms with van der Waals surface area (Å²) in [5.74, 6) is -0.763. The van der Waals surface area contributed by atoms with Gasteiger partial charge in [0.2, 0.25) is 10.9 Å². The van der Waals surface area contributed by atoms with E-state index in [2.05, 4.69) is 34.5 Å². The Balaban J connectivity index is 1.20. The highest BCUT2D eigenvalue weighted by atomic mass is 35.5. The second-order valence-electron chi connectivity index (χ2n) is 11.9. The molecule has 1 spiro atoms. The quantitative estimate of drug-likeness (QED) is 0.125. The molecular weight excluding hydrogens is 711 g/mol. The molecule has 9 rings (SSSR count). The van der Waals surface area contributed by atoms with E-state index in [-0.39, 0.29) is 34.0 Å². The van der Waals surface area contributed by atoms with Crippen LogP contribution in [0.5, 0.6) is 0 Å². The van der Waals surface area contributed by atoms with Gasteiger partial charge in [-0.1, -0.05) is 119 Å². The number of amides is 2. The summed E-state index contributed by atoms with van der Waals surface area (Å²) in [6.07, 6.45) is 0. The van der Waals surface area contributed by atoms with Crippen LogP contribution in [-0.4, -0.2) is 22.0 Å². The topological polar surface area (TPSA) is 96.6 Å². The minimum atomic E-state index is -1.91. The molecule has 12 heteroatoms. The fourth-order valence-corrected chi connectivity index (χ4v) is 9.17. The Morgan fingerprint density at radius 3 is 2.42 bits per heavy atom. The summed E-state index contributed by atoms with van der Waals surface area (Å²) in [6, 6.07) is 33.3. The molecule has 50 heavy (non-hydrogen) atoms. The Morgan fingerprint density at radius 2 is 1.56 bits per heavy atom. The van der Waals surface area contributed by atoms with Gasteiger partial charge in [0, 0.05) is 21.4 Å². The third kappa shape index (κ3) is 4.63. The van der Waals surface area contributed by atoms with Crippen molar-refractivity contribution >= 4 is 90.7 Å². The predicted octanol–water partition coefficient (Wildman–Crippen LogP) is 8.85. The Hall–Kier alpha value is -5.00. The molecule has 2 aliphatic heterocycles. The van der Waals surface area contributed by atoms with Gasteiger partial charge >= 0.3 is 0 Å². The van der Waals surface area contributed by atoms with Crippen LogP contribution in [0, 0.1) is 0 Å². The standard InChI is InChI=1S/C38H22Cl2N4O4S2/c39-24-14-12-21(13-15-24)19-43-29-11-4-3-10-28(29)38(35(43)47)31-32(45)27-18-25(40)16-17-30(27)48-33(31)34(46)44(38)36-41-42-37(50-36)49-20-23-8-5-7-22-6-1-2-9-26(22)23/h1-18H,19-20H2. The van der Waals surface area contributed by atoms with Crippen LogP contribution in [0.1, 0.15) is 32.8 Å². The van der Waals surface area contributed by atoms with E-state index in [9.17, 15) is 9.59 Å². The van der Waals surface area contributed by atoms with Crippen molar-refractivity contribution in [1.82, 2.24) is 10.2 Å². The molecule has 1 atom stereocenters. The number of anilines is 2. The van der Waals surface area contributed by atoms with Crippen molar-refractivity contribution < 1.29 is 14.0 Å². The van der Waals surface area contributed by atoms with Crippen LogP contribution < -0.4 is 15.2 Å². The van der Waals surface area contributed by atoms with Crippen LogP contribution in [-0.2, 0) is 22.6 Å². The summed E-state index contributed by atoms with van der Waals surface area (Å²) in [7, 11) is 0. The first-order valence-electron chi connectivity index (χ1n) is 15.5. The number of fused-ring (bicyclic) bond motifs is 6. The van der Waals surface area contributed by atoms with Gasteiger partial charge in [0.1, 0.15) is 5.58 Å². The van der Waals surface area contributed by atoms with Gasteiger partial charge in [-0.3, -0.25) is 19.3 Å². The van der Waals surface area contributed by atoms with Gasteiger partial charge in [-0.25, -0.2) is 0 Å². The highest BCUT2D eigenvalue weighted by molar-refractivity contribution is 8.00. The second-order valence-corrected chi connectivity index (χ2v) is 15.0. The molecule has 0 saturated heterocycles. The molecule has 0 N–H and O–H groups in total. The minimum Gasteiger partial charge on any atom is -0.450 e. The third-order valence-corrected chi connectivity index (χ3v) is 11.7. The number of carbonyl (C=O) groups excluding carboxylic acids is 2. The lowest BCUT2D eigenvalue weighted by Gasteiger charge is -2.32. The summed E-state index contributed by atoms with van der Waals surface area (Å²) in [5.41, 5.74) is 0.626. The van der Waals surface area contributed by atoms with E-state index in [0.29, 0.717) is 31.4 Å². The van der Waals surface area contributed by atoms with E-state index in [0.717, 1.165) is 21.9 Å². The number of halogens is 2. The largest absolute Gasteiger partial charge is 0.450 e. The first kappa shape index (κ1) is 31.0. The zero-order valence-corrected chi connectivity index (χ0v) is 28.9.